The van der Waals surface area contributed by atoms with Crippen LogP contribution in [0, 0.1) is 0 Å². The van der Waals surface area contributed by atoms with Crippen LogP contribution >= 0.6 is 0 Å². The van der Waals surface area contributed by atoms with Crippen LogP contribution in [0.1, 0.15) is 5.56 Å². The zero-order valence-corrected chi connectivity index (χ0v) is 14.9. The maximum atomic E-state index is 12.1. The van der Waals surface area contributed by atoms with Gasteiger partial charge in [0.2, 0.25) is 12.7 Å². The molecule has 0 bridgehead atoms. The molecule has 1 aliphatic rings. The van der Waals surface area contributed by atoms with Crippen LogP contribution in [0.3, 0.4) is 0 Å². The van der Waals surface area contributed by atoms with Gasteiger partial charge in [0.1, 0.15) is 0 Å². The molecule has 2 aromatic carbocycles. The third kappa shape index (κ3) is 5.35. The molecule has 1 aliphatic heterocycles. The highest BCUT2D eigenvalue weighted by Gasteiger charge is 2.14. The maximum absolute atomic E-state index is 12.1. The number of carbonyl (C=O) groups is 2. The number of rotatable bonds is 7. The summed E-state index contributed by atoms with van der Waals surface area (Å²) >= 11 is 0. The monoisotopic (exact) mass is 371 g/mol. The summed E-state index contributed by atoms with van der Waals surface area (Å²) < 4.78 is 15.4. The second kappa shape index (κ2) is 8.91. The lowest BCUT2D eigenvalue weighted by molar-refractivity contribution is -0.120. The molecule has 0 aromatic heterocycles. The summed E-state index contributed by atoms with van der Waals surface area (Å²) in [5, 5.41) is 8.24. The normalized spacial score (nSPS) is 11.7. The largest absolute Gasteiger partial charge is 0.454 e. The van der Waals surface area contributed by atoms with Crippen LogP contribution in [0.15, 0.2) is 42.5 Å². The summed E-state index contributed by atoms with van der Waals surface area (Å²) in [4.78, 5) is 23.9. The summed E-state index contributed by atoms with van der Waals surface area (Å²) in [5.74, 6) is 1.18. The Bertz CT molecular complexity index is 807. The fraction of sp³-hybridized carbons (Fsp3) is 0.263. The number of hydrogen-bond acceptors (Lipinski definition) is 5. The lowest BCUT2D eigenvalue weighted by atomic mass is 10.1. The molecule has 3 rings (SSSR count). The van der Waals surface area contributed by atoms with Crippen molar-refractivity contribution >= 4 is 23.3 Å². The van der Waals surface area contributed by atoms with E-state index >= 15 is 0 Å². The van der Waals surface area contributed by atoms with Crippen molar-refractivity contribution in [1.29, 1.82) is 0 Å². The van der Waals surface area contributed by atoms with Gasteiger partial charge in [0, 0.05) is 31.1 Å². The molecule has 1 heterocycles. The molecule has 0 saturated heterocycles. The minimum Gasteiger partial charge on any atom is -0.454 e. The predicted octanol–water partition coefficient (Wildman–Crippen LogP) is 2.36. The van der Waals surface area contributed by atoms with Crippen molar-refractivity contribution in [3.8, 4) is 11.5 Å². The molecule has 0 fully saturated rings. The number of ether oxygens (including phenoxy) is 3. The first-order valence-electron chi connectivity index (χ1n) is 8.46. The standard InChI is InChI=1S/C19H21N3O5/c1-25-9-8-20-18(23)10-13-2-4-14(5-3-13)21-19(24)22-15-6-7-16-17(11-15)27-12-26-16/h2-7,11H,8-10,12H2,1H3,(H,20,23)(H2,21,22,24). The fourth-order valence-electron chi connectivity index (χ4n) is 2.51. The van der Waals surface area contributed by atoms with Crippen LogP contribution in [0.2, 0.25) is 0 Å². The van der Waals surface area contributed by atoms with E-state index in [2.05, 4.69) is 16.0 Å². The van der Waals surface area contributed by atoms with Crippen molar-refractivity contribution in [2.24, 2.45) is 0 Å². The van der Waals surface area contributed by atoms with Crippen LogP contribution in [-0.2, 0) is 16.0 Å². The number of amides is 3. The summed E-state index contributed by atoms with van der Waals surface area (Å²) in [7, 11) is 1.58. The van der Waals surface area contributed by atoms with E-state index in [1.165, 1.54) is 0 Å². The van der Waals surface area contributed by atoms with Gasteiger partial charge in [-0.1, -0.05) is 12.1 Å². The van der Waals surface area contributed by atoms with E-state index in [9.17, 15) is 9.59 Å². The molecule has 3 amide bonds. The number of carbonyl (C=O) groups excluding carboxylic acids is 2. The Labute approximate surface area is 156 Å². The van der Waals surface area contributed by atoms with Crippen molar-refractivity contribution in [1.82, 2.24) is 5.32 Å². The molecular formula is C19H21N3O5. The average molecular weight is 371 g/mol. The second-order valence-corrected chi connectivity index (χ2v) is 5.86. The van der Waals surface area contributed by atoms with E-state index in [-0.39, 0.29) is 25.2 Å². The maximum Gasteiger partial charge on any atom is 0.323 e. The second-order valence-electron chi connectivity index (χ2n) is 5.86. The lowest BCUT2D eigenvalue weighted by Gasteiger charge is -2.09. The van der Waals surface area contributed by atoms with Gasteiger partial charge in [-0.05, 0) is 29.8 Å². The predicted molar refractivity (Wildman–Crippen MR) is 100 cm³/mol. The van der Waals surface area contributed by atoms with Crippen molar-refractivity contribution in [2.75, 3.05) is 37.7 Å². The van der Waals surface area contributed by atoms with Crippen LogP contribution < -0.4 is 25.4 Å². The van der Waals surface area contributed by atoms with Gasteiger partial charge < -0.3 is 30.2 Å². The van der Waals surface area contributed by atoms with Gasteiger partial charge in [0.15, 0.2) is 11.5 Å². The summed E-state index contributed by atoms with van der Waals surface area (Å²) in [6.07, 6.45) is 0.271. The Balaban J connectivity index is 1.49. The van der Waals surface area contributed by atoms with Crippen LogP contribution in [0.4, 0.5) is 16.2 Å². The summed E-state index contributed by atoms with van der Waals surface area (Å²) in [6, 6.07) is 11.9. The van der Waals surface area contributed by atoms with E-state index in [1.807, 2.05) is 0 Å². The van der Waals surface area contributed by atoms with Crippen molar-refractivity contribution < 1.29 is 23.8 Å². The average Bonchev–Trinajstić information content (AvgIpc) is 3.11. The van der Waals surface area contributed by atoms with Crippen LogP contribution in [0.25, 0.3) is 0 Å². The molecule has 8 nitrogen and oxygen atoms in total. The summed E-state index contributed by atoms with van der Waals surface area (Å²) in [5.41, 5.74) is 2.07. The van der Waals surface area contributed by atoms with Crippen molar-refractivity contribution in [3.05, 3.63) is 48.0 Å². The number of benzene rings is 2. The molecule has 0 saturated carbocycles. The van der Waals surface area contributed by atoms with E-state index < -0.39 is 0 Å². The molecule has 142 valence electrons. The van der Waals surface area contributed by atoms with Gasteiger partial charge >= 0.3 is 6.03 Å². The van der Waals surface area contributed by atoms with Gasteiger partial charge in [-0.3, -0.25) is 4.79 Å². The number of methoxy groups -OCH3 is 1. The van der Waals surface area contributed by atoms with E-state index in [0.717, 1.165) is 5.56 Å². The van der Waals surface area contributed by atoms with Gasteiger partial charge in [-0.25, -0.2) is 4.79 Å². The minimum absolute atomic E-state index is 0.0756. The number of hydrogen-bond donors (Lipinski definition) is 3. The zero-order chi connectivity index (χ0) is 19.1. The van der Waals surface area contributed by atoms with Gasteiger partial charge in [-0.2, -0.15) is 0 Å². The SMILES string of the molecule is COCCNC(=O)Cc1ccc(NC(=O)Nc2ccc3c(c2)OCO3)cc1. The smallest absolute Gasteiger partial charge is 0.323 e. The van der Waals surface area contributed by atoms with E-state index in [1.54, 1.807) is 49.6 Å². The van der Waals surface area contributed by atoms with Crippen molar-refractivity contribution in [3.63, 3.8) is 0 Å². The number of urea groups is 1. The van der Waals surface area contributed by atoms with Gasteiger partial charge in [0.05, 0.1) is 13.0 Å². The molecule has 0 radical (unpaired) electrons. The molecule has 0 aliphatic carbocycles. The first-order valence-corrected chi connectivity index (χ1v) is 8.46. The molecule has 27 heavy (non-hydrogen) atoms. The number of fused-ring (bicyclic) bond motifs is 1. The molecule has 8 heteroatoms. The zero-order valence-electron chi connectivity index (χ0n) is 14.9. The summed E-state index contributed by atoms with van der Waals surface area (Å²) in [6.45, 7) is 1.14. The molecule has 3 N–H and O–H groups in total. The van der Waals surface area contributed by atoms with Gasteiger partial charge in [0.25, 0.3) is 0 Å². The first kappa shape index (κ1) is 18.5. The highest BCUT2D eigenvalue weighted by atomic mass is 16.7. The van der Waals surface area contributed by atoms with Gasteiger partial charge in [-0.15, -0.1) is 0 Å². The third-order valence-electron chi connectivity index (χ3n) is 3.84. The Hall–Kier alpha value is -3.26. The van der Waals surface area contributed by atoms with Crippen molar-refractivity contribution in [2.45, 2.75) is 6.42 Å². The fourth-order valence-corrected chi connectivity index (χ4v) is 2.51. The topological polar surface area (TPSA) is 97.9 Å². The van der Waals surface area contributed by atoms with E-state index in [4.69, 9.17) is 14.2 Å². The Morgan fingerprint density at radius 1 is 1.00 bits per heavy atom. The van der Waals surface area contributed by atoms with Crippen LogP contribution in [-0.4, -0.2) is 39.0 Å². The highest BCUT2D eigenvalue weighted by molar-refractivity contribution is 6.00. The first-order chi connectivity index (χ1) is 13.1. The molecule has 0 spiro atoms. The molecular weight excluding hydrogens is 350 g/mol. The van der Waals surface area contributed by atoms with Crippen LogP contribution in [0.5, 0.6) is 11.5 Å². The quantitative estimate of drug-likeness (QED) is 0.649. The molecule has 0 atom stereocenters. The Morgan fingerprint density at radius 2 is 1.70 bits per heavy atom. The highest BCUT2D eigenvalue weighted by Crippen LogP contribution is 2.34. The molecule has 0 unspecified atom stereocenters. The van der Waals surface area contributed by atoms with E-state index in [0.29, 0.717) is 36.0 Å². The Kier molecular flexibility index (Phi) is 6.11. The number of nitrogens with one attached hydrogen (secondary N) is 3. The number of anilines is 2. The molecule has 2 aromatic rings. The lowest BCUT2D eigenvalue weighted by Crippen LogP contribution is -2.28. The third-order valence-corrected chi connectivity index (χ3v) is 3.84. The Morgan fingerprint density at radius 3 is 2.48 bits per heavy atom. The minimum atomic E-state index is -0.376.